The van der Waals surface area contributed by atoms with Crippen LogP contribution in [-0.4, -0.2) is 35.4 Å². The van der Waals surface area contributed by atoms with E-state index in [1.807, 2.05) is 13.1 Å². The number of halogens is 2. The number of carbonyl (C=O) groups is 1. The zero-order valence-electron chi connectivity index (χ0n) is 20.3. The average molecular weight is 530 g/mol. The van der Waals surface area contributed by atoms with Crippen molar-refractivity contribution in [3.63, 3.8) is 0 Å². The number of hydrogen-bond acceptors (Lipinski definition) is 7. The van der Waals surface area contributed by atoms with Crippen molar-refractivity contribution in [2.24, 2.45) is 0 Å². The van der Waals surface area contributed by atoms with Gasteiger partial charge in [-0.1, -0.05) is 35.9 Å². The molecule has 1 amide bonds. The van der Waals surface area contributed by atoms with Crippen molar-refractivity contribution in [1.29, 1.82) is 0 Å². The van der Waals surface area contributed by atoms with E-state index >= 15 is 0 Å². The van der Waals surface area contributed by atoms with Crippen molar-refractivity contribution in [3.05, 3.63) is 93.8 Å². The van der Waals surface area contributed by atoms with Crippen LogP contribution >= 0.6 is 11.6 Å². The molecule has 38 heavy (non-hydrogen) atoms. The fraction of sp³-hybridized carbons (Fsp3) is 0.148. The normalized spacial score (nSPS) is 16.6. The maximum absolute atomic E-state index is 14.4. The lowest BCUT2D eigenvalue weighted by atomic mass is 9.77. The van der Waals surface area contributed by atoms with Gasteiger partial charge in [0, 0.05) is 18.8 Å². The topological polar surface area (TPSA) is 131 Å². The standard InChI is InChI=1S/C27H21ClFN7O2/c1-13-11-36-12-19(32-18(25(36)31-13)9-14-5-3-4-6-17(14)29)23-33-22(30)21-24(34-23)35-26(38)27(21,2)15-7-8-16(28)20(37)10-15/h3-8,10-12,37H,9H2,1-2H3,(H3,30,33,34,35,38)/t27-/m0/s1. The summed E-state index contributed by atoms with van der Waals surface area (Å²) in [7, 11) is 0. The number of nitrogen functional groups attached to an aromatic ring is 1. The molecular weight excluding hydrogens is 509 g/mol. The number of anilines is 2. The van der Waals surface area contributed by atoms with Gasteiger partial charge in [-0.05, 0) is 43.2 Å². The SMILES string of the molecule is Cc1cn2cc(-c3nc(N)c4c(n3)NC(=O)[C@@]4(C)c3ccc(Cl)c(O)c3)nc(Cc3ccccc3F)c2n1. The van der Waals surface area contributed by atoms with Crippen LogP contribution in [0.2, 0.25) is 5.02 Å². The molecule has 1 aliphatic rings. The number of phenols is 1. The van der Waals surface area contributed by atoms with Gasteiger partial charge in [0.15, 0.2) is 11.5 Å². The zero-order valence-corrected chi connectivity index (χ0v) is 21.1. The summed E-state index contributed by atoms with van der Waals surface area (Å²) < 4.78 is 16.2. The third-order valence-corrected chi connectivity index (χ3v) is 7.14. The molecule has 9 nitrogen and oxygen atoms in total. The number of imidazole rings is 1. The second-order valence-corrected chi connectivity index (χ2v) is 9.76. The van der Waals surface area contributed by atoms with Gasteiger partial charge in [-0.25, -0.2) is 24.3 Å². The van der Waals surface area contributed by atoms with Gasteiger partial charge in [-0.2, -0.15) is 0 Å². The zero-order chi connectivity index (χ0) is 26.8. The van der Waals surface area contributed by atoms with Crippen LogP contribution in [0.4, 0.5) is 16.0 Å². The smallest absolute Gasteiger partial charge is 0.240 e. The number of benzene rings is 2. The van der Waals surface area contributed by atoms with Gasteiger partial charge in [0.05, 0.1) is 22.0 Å². The lowest BCUT2D eigenvalue weighted by Crippen LogP contribution is -2.32. The molecule has 1 aliphatic heterocycles. The Morgan fingerprint density at radius 2 is 1.92 bits per heavy atom. The summed E-state index contributed by atoms with van der Waals surface area (Å²) in [4.78, 5) is 31.6. The Bertz CT molecular complexity index is 1790. The molecule has 6 rings (SSSR count). The van der Waals surface area contributed by atoms with Gasteiger partial charge in [-0.15, -0.1) is 0 Å². The molecule has 4 heterocycles. The van der Waals surface area contributed by atoms with Crippen LogP contribution in [0.3, 0.4) is 0 Å². The quantitative estimate of drug-likeness (QED) is 0.314. The number of phenolic OH excluding ortho intramolecular Hbond substituents is 1. The molecule has 4 N–H and O–H groups in total. The molecule has 3 aromatic heterocycles. The van der Waals surface area contributed by atoms with E-state index in [2.05, 4.69) is 20.3 Å². The van der Waals surface area contributed by atoms with Crippen molar-refractivity contribution >= 4 is 34.8 Å². The van der Waals surface area contributed by atoms with Gasteiger partial charge in [0.25, 0.3) is 0 Å². The van der Waals surface area contributed by atoms with Crippen LogP contribution in [0.1, 0.15) is 35.0 Å². The number of aromatic nitrogens is 5. The Morgan fingerprint density at radius 3 is 2.68 bits per heavy atom. The van der Waals surface area contributed by atoms with E-state index in [0.717, 1.165) is 5.69 Å². The van der Waals surface area contributed by atoms with Gasteiger partial charge in [-0.3, -0.25) is 4.79 Å². The van der Waals surface area contributed by atoms with Gasteiger partial charge >= 0.3 is 0 Å². The molecular formula is C27H21ClFN7O2. The first-order chi connectivity index (χ1) is 18.1. The first kappa shape index (κ1) is 23.8. The molecule has 0 saturated heterocycles. The lowest BCUT2D eigenvalue weighted by molar-refractivity contribution is -0.119. The van der Waals surface area contributed by atoms with E-state index in [-0.39, 0.29) is 46.4 Å². The second kappa shape index (κ2) is 8.49. The number of aromatic hydroxyl groups is 1. The third-order valence-electron chi connectivity index (χ3n) is 6.82. The van der Waals surface area contributed by atoms with Gasteiger partial charge < -0.3 is 20.6 Å². The lowest BCUT2D eigenvalue weighted by Gasteiger charge is -2.23. The Balaban J connectivity index is 1.48. The molecule has 0 radical (unpaired) electrons. The highest BCUT2D eigenvalue weighted by molar-refractivity contribution is 6.32. The van der Waals surface area contributed by atoms with Crippen LogP contribution in [0.15, 0.2) is 54.9 Å². The summed E-state index contributed by atoms with van der Waals surface area (Å²) in [5.41, 5.74) is 8.79. The van der Waals surface area contributed by atoms with E-state index in [9.17, 15) is 14.3 Å². The van der Waals surface area contributed by atoms with E-state index in [1.54, 1.807) is 41.8 Å². The summed E-state index contributed by atoms with van der Waals surface area (Å²) in [5.74, 6) is -0.352. The number of nitrogens with zero attached hydrogens (tertiary/aromatic N) is 5. The molecule has 0 bridgehead atoms. The molecule has 0 unspecified atom stereocenters. The number of fused-ring (bicyclic) bond motifs is 2. The van der Waals surface area contributed by atoms with Crippen molar-refractivity contribution < 1.29 is 14.3 Å². The fourth-order valence-electron chi connectivity index (χ4n) is 4.85. The van der Waals surface area contributed by atoms with E-state index < -0.39 is 5.41 Å². The van der Waals surface area contributed by atoms with Gasteiger partial charge in [0.2, 0.25) is 5.91 Å². The first-order valence-electron chi connectivity index (χ1n) is 11.7. The molecule has 0 fully saturated rings. The summed E-state index contributed by atoms with van der Waals surface area (Å²) in [6.07, 6.45) is 3.75. The molecule has 1 atom stereocenters. The van der Waals surface area contributed by atoms with Crippen molar-refractivity contribution in [1.82, 2.24) is 24.3 Å². The van der Waals surface area contributed by atoms with E-state index in [0.29, 0.717) is 33.7 Å². The van der Waals surface area contributed by atoms with Crippen LogP contribution < -0.4 is 11.1 Å². The summed E-state index contributed by atoms with van der Waals surface area (Å²) in [5, 5.41) is 13.1. The average Bonchev–Trinajstić information content (AvgIpc) is 3.38. The predicted molar refractivity (Wildman–Crippen MR) is 141 cm³/mol. The molecule has 2 aromatic carbocycles. The summed E-state index contributed by atoms with van der Waals surface area (Å²) in [6, 6.07) is 11.1. The molecule has 0 aliphatic carbocycles. The fourth-order valence-corrected chi connectivity index (χ4v) is 4.97. The number of rotatable bonds is 4. The Morgan fingerprint density at radius 1 is 1.13 bits per heavy atom. The van der Waals surface area contributed by atoms with Crippen LogP contribution in [0.5, 0.6) is 5.75 Å². The van der Waals surface area contributed by atoms with Crippen molar-refractivity contribution in [2.75, 3.05) is 11.1 Å². The largest absolute Gasteiger partial charge is 0.506 e. The Labute approximate surface area is 221 Å². The maximum atomic E-state index is 14.4. The summed E-state index contributed by atoms with van der Waals surface area (Å²) in [6.45, 7) is 3.54. The minimum absolute atomic E-state index is 0.0830. The number of nitrogens with one attached hydrogen (secondary N) is 1. The summed E-state index contributed by atoms with van der Waals surface area (Å²) >= 11 is 5.97. The number of amides is 1. The first-order valence-corrected chi connectivity index (χ1v) is 12.1. The monoisotopic (exact) mass is 529 g/mol. The van der Waals surface area contributed by atoms with Crippen LogP contribution in [-0.2, 0) is 16.6 Å². The molecule has 0 saturated carbocycles. The molecule has 190 valence electrons. The number of nitrogens with two attached hydrogens (primary N) is 1. The van der Waals surface area contributed by atoms with E-state index in [4.69, 9.17) is 22.3 Å². The van der Waals surface area contributed by atoms with Crippen LogP contribution in [0.25, 0.3) is 17.2 Å². The van der Waals surface area contributed by atoms with E-state index in [1.165, 1.54) is 18.2 Å². The predicted octanol–water partition coefficient (Wildman–Crippen LogP) is 4.42. The van der Waals surface area contributed by atoms with Crippen molar-refractivity contribution in [3.8, 4) is 17.3 Å². The Kier molecular flexibility index (Phi) is 5.32. The minimum Gasteiger partial charge on any atom is -0.506 e. The van der Waals surface area contributed by atoms with Gasteiger partial charge in [0.1, 0.15) is 34.3 Å². The Hall–Kier alpha value is -4.57. The second-order valence-electron chi connectivity index (χ2n) is 9.36. The highest BCUT2D eigenvalue weighted by Crippen LogP contribution is 2.46. The number of aryl methyl sites for hydroxylation is 1. The molecule has 11 heteroatoms. The third kappa shape index (κ3) is 3.64. The molecule has 0 spiro atoms. The molecule has 5 aromatic rings. The maximum Gasteiger partial charge on any atom is 0.240 e. The highest BCUT2D eigenvalue weighted by Gasteiger charge is 2.47. The number of carbonyl (C=O) groups excluding carboxylic acids is 1. The van der Waals surface area contributed by atoms with Crippen molar-refractivity contribution in [2.45, 2.75) is 25.7 Å². The highest BCUT2D eigenvalue weighted by atomic mass is 35.5. The minimum atomic E-state index is -1.26. The van der Waals surface area contributed by atoms with Crippen LogP contribution in [0, 0.1) is 12.7 Å². The number of hydrogen-bond donors (Lipinski definition) is 3.